The van der Waals surface area contributed by atoms with Gasteiger partial charge >= 0.3 is 0 Å². The van der Waals surface area contributed by atoms with E-state index in [2.05, 4.69) is 15.5 Å². The Labute approximate surface area is 151 Å². The molecule has 0 aliphatic heterocycles. The van der Waals surface area contributed by atoms with Gasteiger partial charge in [-0.15, -0.1) is 10.2 Å². The van der Waals surface area contributed by atoms with E-state index in [9.17, 15) is 0 Å². The summed E-state index contributed by atoms with van der Waals surface area (Å²) >= 11 is 5.54. The number of hydrogen-bond acceptors (Lipinski definition) is 6. The molecule has 25 heavy (non-hydrogen) atoms. The summed E-state index contributed by atoms with van der Waals surface area (Å²) in [5.74, 6) is 1.27. The molecule has 0 atom stereocenters. The van der Waals surface area contributed by atoms with Gasteiger partial charge in [0.15, 0.2) is 0 Å². The van der Waals surface area contributed by atoms with Crippen molar-refractivity contribution in [3.05, 3.63) is 71.0 Å². The highest BCUT2D eigenvalue weighted by Gasteiger charge is 2.10. The molecular formula is C18H18N4O2S. The van der Waals surface area contributed by atoms with E-state index < -0.39 is 0 Å². The zero-order chi connectivity index (χ0) is 17.5. The van der Waals surface area contributed by atoms with Crippen molar-refractivity contribution in [1.29, 1.82) is 0 Å². The van der Waals surface area contributed by atoms with Crippen LogP contribution in [0.25, 0.3) is 0 Å². The number of aromatic nitrogens is 3. The molecule has 0 radical (unpaired) electrons. The monoisotopic (exact) mass is 354 g/mol. The van der Waals surface area contributed by atoms with Gasteiger partial charge in [-0.1, -0.05) is 48.6 Å². The van der Waals surface area contributed by atoms with Gasteiger partial charge in [0.05, 0.1) is 0 Å². The highest BCUT2D eigenvalue weighted by atomic mass is 32.1. The maximum absolute atomic E-state index is 5.72. The predicted octanol–water partition coefficient (Wildman–Crippen LogP) is 3.93. The molecule has 1 N–H and O–H groups in total. The molecule has 0 saturated heterocycles. The fourth-order valence-corrected chi connectivity index (χ4v) is 2.45. The van der Waals surface area contributed by atoms with Crippen molar-refractivity contribution in [1.82, 2.24) is 14.8 Å². The second kappa shape index (κ2) is 8.36. The molecule has 6 nitrogen and oxygen atoms in total. The summed E-state index contributed by atoms with van der Waals surface area (Å²) in [6.45, 7) is 0.507. The highest BCUT2D eigenvalue weighted by molar-refractivity contribution is 7.71. The number of benzene rings is 2. The molecule has 0 unspecified atom stereocenters. The molecule has 1 aromatic heterocycles. The highest BCUT2D eigenvalue weighted by Crippen LogP contribution is 2.16. The summed E-state index contributed by atoms with van der Waals surface area (Å²) in [7, 11) is 1.61. The van der Waals surface area contributed by atoms with Crippen LogP contribution in [0, 0.1) is 4.64 Å². The Hall–Kier alpha value is -2.77. The van der Waals surface area contributed by atoms with E-state index in [0.717, 1.165) is 11.4 Å². The fraction of sp³-hybridized carbons (Fsp3) is 0.167. The number of ether oxygens (including phenoxy) is 2. The smallest absolute Gasteiger partial charge is 0.230 e. The quantitative estimate of drug-likeness (QED) is 0.649. The van der Waals surface area contributed by atoms with Gasteiger partial charge in [0.2, 0.25) is 5.95 Å². The van der Waals surface area contributed by atoms with Crippen molar-refractivity contribution in [2.24, 2.45) is 0 Å². The summed E-state index contributed by atoms with van der Waals surface area (Å²) in [5, 5.41) is 11.7. The molecule has 0 saturated carbocycles. The topological polar surface area (TPSA) is 61.2 Å². The second-order valence-corrected chi connectivity index (χ2v) is 5.60. The first-order valence-corrected chi connectivity index (χ1v) is 8.14. The van der Waals surface area contributed by atoms with Gasteiger partial charge < -0.3 is 14.8 Å². The van der Waals surface area contributed by atoms with Gasteiger partial charge in [-0.3, -0.25) is 4.57 Å². The number of rotatable bonds is 7. The van der Waals surface area contributed by atoms with Gasteiger partial charge in [0.25, 0.3) is 0 Å². The molecule has 7 heteroatoms. The number of nitrogens with one attached hydrogen (secondary N) is 1. The summed E-state index contributed by atoms with van der Waals surface area (Å²) in [5.41, 5.74) is 1.47. The molecule has 0 aliphatic rings. The van der Waals surface area contributed by atoms with Crippen LogP contribution < -0.4 is 10.1 Å². The van der Waals surface area contributed by atoms with Crippen molar-refractivity contribution < 1.29 is 9.47 Å². The molecule has 3 rings (SSSR count). The SMILES string of the molecule is COCn1c(Nc2ccccc2)nnc(COc2ccccc2)c1=S. The van der Waals surface area contributed by atoms with Crippen molar-refractivity contribution in [2.75, 3.05) is 12.4 Å². The zero-order valence-corrected chi connectivity index (χ0v) is 14.6. The lowest BCUT2D eigenvalue weighted by Gasteiger charge is -2.15. The molecule has 1 heterocycles. The average Bonchev–Trinajstić information content (AvgIpc) is 2.66. The standard InChI is InChI=1S/C18H18N4O2S/c1-23-13-22-17(25)16(12-24-15-10-6-3-7-11-15)20-21-18(22)19-14-8-4-2-5-9-14/h2-11H,12-13H2,1H3,(H,19,21). The maximum Gasteiger partial charge on any atom is 0.230 e. The van der Waals surface area contributed by atoms with Crippen LogP contribution in [0.1, 0.15) is 5.69 Å². The summed E-state index contributed by atoms with van der Waals surface area (Å²) in [6.07, 6.45) is 0. The first kappa shape index (κ1) is 17.1. The lowest BCUT2D eigenvalue weighted by Crippen LogP contribution is -2.15. The molecule has 128 valence electrons. The van der Waals surface area contributed by atoms with Crippen molar-refractivity contribution in [3.63, 3.8) is 0 Å². The summed E-state index contributed by atoms with van der Waals surface area (Å²) in [6, 6.07) is 19.2. The Morgan fingerprint density at radius 2 is 1.68 bits per heavy atom. The third-order valence-electron chi connectivity index (χ3n) is 3.42. The molecule has 0 aliphatic carbocycles. The average molecular weight is 354 g/mol. The third kappa shape index (κ3) is 4.40. The zero-order valence-electron chi connectivity index (χ0n) is 13.8. The largest absolute Gasteiger partial charge is 0.487 e. The Kier molecular flexibility index (Phi) is 5.71. The van der Waals surface area contributed by atoms with Gasteiger partial charge in [-0.05, 0) is 24.3 Å². The van der Waals surface area contributed by atoms with Crippen LogP contribution in [0.3, 0.4) is 0 Å². The maximum atomic E-state index is 5.72. The molecule has 0 bridgehead atoms. The minimum Gasteiger partial charge on any atom is -0.487 e. The van der Waals surface area contributed by atoms with Gasteiger partial charge in [0, 0.05) is 12.8 Å². The first-order valence-electron chi connectivity index (χ1n) is 7.73. The van der Waals surface area contributed by atoms with Crippen LogP contribution in [0.5, 0.6) is 5.75 Å². The fourth-order valence-electron chi connectivity index (χ4n) is 2.21. The van der Waals surface area contributed by atoms with E-state index >= 15 is 0 Å². The van der Waals surface area contributed by atoms with Crippen molar-refractivity contribution >= 4 is 23.9 Å². The molecule has 3 aromatic rings. The Morgan fingerprint density at radius 3 is 2.36 bits per heavy atom. The lowest BCUT2D eigenvalue weighted by atomic mass is 10.3. The summed E-state index contributed by atoms with van der Waals surface area (Å²) in [4.78, 5) is 0. The summed E-state index contributed by atoms with van der Waals surface area (Å²) < 4.78 is 13.2. The van der Waals surface area contributed by atoms with Crippen LogP contribution >= 0.6 is 12.2 Å². The molecule has 0 fully saturated rings. The van der Waals surface area contributed by atoms with Crippen LogP contribution in [0.4, 0.5) is 11.6 Å². The Morgan fingerprint density at radius 1 is 1.00 bits per heavy atom. The molecule has 0 spiro atoms. The number of hydrogen-bond donors (Lipinski definition) is 1. The van der Waals surface area contributed by atoms with Gasteiger partial charge in [-0.25, -0.2) is 0 Å². The number of nitrogens with zero attached hydrogens (tertiary/aromatic N) is 3. The van der Waals surface area contributed by atoms with E-state index in [-0.39, 0.29) is 13.3 Å². The number of anilines is 2. The van der Waals surface area contributed by atoms with E-state index in [4.69, 9.17) is 21.7 Å². The Bertz CT molecular complexity index is 869. The molecule has 0 amide bonds. The van der Waals surface area contributed by atoms with Crippen LogP contribution in [-0.4, -0.2) is 21.9 Å². The van der Waals surface area contributed by atoms with Crippen molar-refractivity contribution in [2.45, 2.75) is 13.3 Å². The molecular weight excluding hydrogens is 336 g/mol. The van der Waals surface area contributed by atoms with E-state index in [1.54, 1.807) is 11.7 Å². The predicted molar refractivity (Wildman–Crippen MR) is 98.4 cm³/mol. The third-order valence-corrected chi connectivity index (χ3v) is 3.88. The number of para-hydroxylation sites is 2. The minimum absolute atomic E-state index is 0.241. The Balaban J connectivity index is 1.83. The van der Waals surface area contributed by atoms with Crippen molar-refractivity contribution in [3.8, 4) is 5.75 Å². The van der Waals surface area contributed by atoms with E-state index in [0.29, 0.717) is 16.3 Å². The van der Waals surface area contributed by atoms with Gasteiger partial charge in [-0.2, -0.15) is 0 Å². The van der Waals surface area contributed by atoms with E-state index in [1.165, 1.54) is 0 Å². The van der Waals surface area contributed by atoms with Crippen LogP contribution in [0.2, 0.25) is 0 Å². The first-order chi connectivity index (χ1) is 12.3. The van der Waals surface area contributed by atoms with Gasteiger partial charge in [0.1, 0.15) is 29.4 Å². The molecule has 2 aromatic carbocycles. The normalized spacial score (nSPS) is 10.4. The number of methoxy groups -OCH3 is 1. The second-order valence-electron chi connectivity index (χ2n) is 5.21. The van der Waals surface area contributed by atoms with Crippen LogP contribution in [-0.2, 0) is 18.1 Å². The van der Waals surface area contributed by atoms with E-state index in [1.807, 2.05) is 60.7 Å². The lowest BCUT2D eigenvalue weighted by molar-refractivity contribution is 0.129. The minimum atomic E-state index is 0.241. The van der Waals surface area contributed by atoms with Crippen LogP contribution in [0.15, 0.2) is 60.7 Å².